The van der Waals surface area contributed by atoms with Gasteiger partial charge in [-0.1, -0.05) is 30.2 Å². The van der Waals surface area contributed by atoms with Gasteiger partial charge in [0.2, 0.25) is 11.8 Å². The first-order valence-electron chi connectivity index (χ1n) is 13.7. The van der Waals surface area contributed by atoms with Gasteiger partial charge in [-0.2, -0.15) is 5.10 Å². The maximum absolute atomic E-state index is 13.0. The van der Waals surface area contributed by atoms with E-state index >= 15 is 0 Å². The molecule has 0 bridgehead atoms. The number of aromatic nitrogens is 2. The Kier molecular flexibility index (Phi) is 6.91. The van der Waals surface area contributed by atoms with Gasteiger partial charge in [-0.15, -0.1) is 0 Å². The lowest BCUT2D eigenvalue weighted by atomic mass is 10.0. The molecule has 3 aromatic rings. The van der Waals surface area contributed by atoms with Crippen molar-refractivity contribution < 1.29 is 19.1 Å². The monoisotopic (exact) mass is 527 g/mol. The predicted molar refractivity (Wildman–Crippen MR) is 145 cm³/mol. The first-order valence-corrected chi connectivity index (χ1v) is 13.7. The third kappa shape index (κ3) is 5.18. The summed E-state index contributed by atoms with van der Waals surface area (Å²) in [6, 6.07) is 13.7. The van der Waals surface area contributed by atoms with Crippen LogP contribution in [-0.4, -0.2) is 63.0 Å². The lowest BCUT2D eigenvalue weighted by Gasteiger charge is -2.35. The molecule has 2 fully saturated rings. The Balaban J connectivity index is 1.11. The number of piperidine rings is 2. The lowest BCUT2D eigenvalue weighted by molar-refractivity contribution is -0.136. The Morgan fingerprint density at radius 1 is 1.08 bits per heavy atom. The number of imide groups is 1. The van der Waals surface area contributed by atoms with E-state index in [1.54, 1.807) is 11.0 Å². The number of ether oxygens (including phenoxy) is 1. The van der Waals surface area contributed by atoms with Crippen LogP contribution < -0.4 is 10.1 Å². The van der Waals surface area contributed by atoms with Crippen molar-refractivity contribution in [1.82, 2.24) is 25.3 Å². The highest BCUT2D eigenvalue weighted by Gasteiger charge is 2.39. The Morgan fingerprint density at radius 2 is 1.97 bits per heavy atom. The molecule has 0 saturated carbocycles. The first kappa shape index (κ1) is 25.3. The zero-order valence-corrected chi connectivity index (χ0v) is 22.1. The number of carbonyl (C=O) groups excluding carboxylic acids is 3. The number of H-pyrrole nitrogens is 1. The van der Waals surface area contributed by atoms with Crippen LogP contribution in [0.1, 0.15) is 59.2 Å². The largest absolute Gasteiger partial charge is 0.492 e. The van der Waals surface area contributed by atoms with Gasteiger partial charge >= 0.3 is 0 Å². The third-order valence-corrected chi connectivity index (χ3v) is 8.08. The van der Waals surface area contributed by atoms with Crippen LogP contribution in [0.2, 0.25) is 0 Å². The number of likely N-dealkylation sites (tertiary alicyclic amines) is 1. The lowest BCUT2D eigenvalue weighted by Crippen LogP contribution is -2.52. The van der Waals surface area contributed by atoms with Crippen LogP contribution in [0, 0.1) is 6.92 Å². The number of aromatic amines is 1. The summed E-state index contributed by atoms with van der Waals surface area (Å²) in [5.74, 6) is -0.133. The molecular weight excluding hydrogens is 494 g/mol. The number of rotatable bonds is 7. The van der Waals surface area contributed by atoms with Crippen molar-refractivity contribution in [1.29, 1.82) is 0 Å². The van der Waals surface area contributed by atoms with Crippen molar-refractivity contribution in [2.45, 2.75) is 64.2 Å². The molecule has 39 heavy (non-hydrogen) atoms. The van der Waals surface area contributed by atoms with Crippen LogP contribution in [-0.2, 0) is 22.7 Å². The molecule has 2 atom stereocenters. The normalized spacial score (nSPS) is 21.7. The van der Waals surface area contributed by atoms with Gasteiger partial charge in [0.15, 0.2) is 0 Å². The number of benzene rings is 2. The Bertz CT molecular complexity index is 1420. The van der Waals surface area contributed by atoms with Crippen molar-refractivity contribution in [2.24, 2.45) is 0 Å². The van der Waals surface area contributed by atoms with Gasteiger partial charge < -0.3 is 9.64 Å². The SMILES string of the molecule is Cc1cccc(-c2[nH]ncc2CN2CCCCC2COc2ccc3c(c2)CN(C2CCC(=O)NC2=O)C3=O)c1. The number of amides is 3. The summed E-state index contributed by atoms with van der Waals surface area (Å²) in [5, 5.41) is 9.88. The van der Waals surface area contributed by atoms with Crippen molar-refractivity contribution in [2.75, 3.05) is 13.2 Å². The molecule has 2 saturated heterocycles. The van der Waals surface area contributed by atoms with Crippen LogP contribution in [0.15, 0.2) is 48.7 Å². The van der Waals surface area contributed by atoms with E-state index in [1.165, 1.54) is 17.5 Å². The van der Waals surface area contributed by atoms with E-state index in [0.29, 0.717) is 25.1 Å². The molecule has 3 aliphatic heterocycles. The molecule has 9 heteroatoms. The van der Waals surface area contributed by atoms with Gasteiger partial charge in [-0.05, 0) is 62.6 Å². The van der Waals surface area contributed by atoms with E-state index < -0.39 is 11.9 Å². The van der Waals surface area contributed by atoms with Gasteiger partial charge in [0, 0.05) is 42.2 Å². The number of carbonyl (C=O) groups is 3. The molecule has 1 aromatic heterocycles. The molecule has 2 N–H and O–H groups in total. The fourth-order valence-electron chi connectivity index (χ4n) is 5.99. The van der Waals surface area contributed by atoms with E-state index in [1.807, 2.05) is 18.3 Å². The van der Waals surface area contributed by atoms with E-state index in [4.69, 9.17) is 4.74 Å². The molecule has 3 aliphatic rings. The van der Waals surface area contributed by atoms with Crippen molar-refractivity contribution in [3.63, 3.8) is 0 Å². The molecule has 3 amide bonds. The van der Waals surface area contributed by atoms with Gasteiger partial charge in [0.1, 0.15) is 18.4 Å². The van der Waals surface area contributed by atoms with E-state index in [0.717, 1.165) is 48.5 Å². The molecule has 0 radical (unpaired) electrons. The molecule has 2 aromatic carbocycles. The van der Waals surface area contributed by atoms with Gasteiger partial charge in [0.05, 0.1) is 11.9 Å². The van der Waals surface area contributed by atoms with Crippen LogP contribution in [0.25, 0.3) is 11.3 Å². The van der Waals surface area contributed by atoms with Crippen LogP contribution in [0.4, 0.5) is 0 Å². The molecule has 9 nitrogen and oxygen atoms in total. The molecule has 202 valence electrons. The maximum Gasteiger partial charge on any atom is 0.255 e. The molecule has 0 spiro atoms. The summed E-state index contributed by atoms with van der Waals surface area (Å²) >= 11 is 0. The van der Waals surface area contributed by atoms with E-state index in [2.05, 4.69) is 51.6 Å². The number of nitrogens with zero attached hydrogens (tertiary/aromatic N) is 3. The molecular formula is C30H33N5O4. The second-order valence-corrected chi connectivity index (χ2v) is 10.8. The highest BCUT2D eigenvalue weighted by molar-refractivity contribution is 6.05. The average Bonchev–Trinajstić information content (AvgIpc) is 3.52. The number of nitrogens with one attached hydrogen (secondary N) is 2. The minimum Gasteiger partial charge on any atom is -0.492 e. The fourth-order valence-corrected chi connectivity index (χ4v) is 5.99. The zero-order valence-electron chi connectivity index (χ0n) is 22.1. The second kappa shape index (κ2) is 10.6. The Labute approximate surface area is 227 Å². The quantitative estimate of drug-likeness (QED) is 0.455. The summed E-state index contributed by atoms with van der Waals surface area (Å²) in [6.45, 7) is 4.80. The highest BCUT2D eigenvalue weighted by atomic mass is 16.5. The number of hydrogen-bond acceptors (Lipinski definition) is 6. The summed E-state index contributed by atoms with van der Waals surface area (Å²) in [7, 11) is 0. The predicted octanol–water partition coefficient (Wildman–Crippen LogP) is 3.58. The highest BCUT2D eigenvalue weighted by Crippen LogP contribution is 2.31. The maximum atomic E-state index is 13.0. The van der Waals surface area contributed by atoms with E-state index in [9.17, 15) is 14.4 Å². The second-order valence-electron chi connectivity index (χ2n) is 10.8. The van der Waals surface area contributed by atoms with Crippen molar-refractivity contribution in [3.05, 3.63) is 70.9 Å². The summed E-state index contributed by atoms with van der Waals surface area (Å²) in [5.41, 5.74) is 6.05. The number of hydrogen-bond donors (Lipinski definition) is 2. The number of aryl methyl sites for hydroxylation is 1. The summed E-state index contributed by atoms with van der Waals surface area (Å²) in [4.78, 5) is 40.9. The summed E-state index contributed by atoms with van der Waals surface area (Å²) in [6.07, 6.45) is 5.91. The molecule has 0 aliphatic carbocycles. The first-order chi connectivity index (χ1) is 19.0. The number of fused-ring (bicyclic) bond motifs is 1. The van der Waals surface area contributed by atoms with Crippen LogP contribution >= 0.6 is 0 Å². The standard InChI is InChI=1S/C30H33N5O4/c1-19-5-4-6-20(13-19)28-22(15-31-33-28)16-34-12-3-2-7-23(34)18-39-24-8-9-25-21(14-24)17-35(30(25)38)26-10-11-27(36)32-29(26)37/h4-6,8-9,13-15,23,26H,2-3,7,10-12,16-18H2,1H3,(H,31,33)(H,32,36,37). The minimum absolute atomic E-state index is 0.172. The minimum atomic E-state index is -0.615. The fraction of sp³-hybridized carbons (Fsp3) is 0.400. The van der Waals surface area contributed by atoms with E-state index in [-0.39, 0.29) is 24.3 Å². The smallest absolute Gasteiger partial charge is 0.255 e. The average molecular weight is 528 g/mol. The molecule has 6 rings (SSSR count). The molecule has 4 heterocycles. The van der Waals surface area contributed by atoms with Gasteiger partial charge in [-0.25, -0.2) is 0 Å². The van der Waals surface area contributed by atoms with Crippen LogP contribution in [0.5, 0.6) is 5.75 Å². The summed E-state index contributed by atoms with van der Waals surface area (Å²) < 4.78 is 6.28. The topological polar surface area (TPSA) is 108 Å². The third-order valence-electron chi connectivity index (χ3n) is 8.08. The van der Waals surface area contributed by atoms with Gasteiger partial charge in [0.25, 0.3) is 5.91 Å². The zero-order chi connectivity index (χ0) is 26.9. The van der Waals surface area contributed by atoms with Crippen molar-refractivity contribution in [3.8, 4) is 17.0 Å². The molecule has 2 unspecified atom stereocenters. The Hall–Kier alpha value is -3.98. The van der Waals surface area contributed by atoms with Crippen molar-refractivity contribution >= 4 is 17.7 Å². The van der Waals surface area contributed by atoms with Crippen LogP contribution in [0.3, 0.4) is 0 Å². The Morgan fingerprint density at radius 3 is 2.82 bits per heavy atom. The van der Waals surface area contributed by atoms with Gasteiger partial charge in [-0.3, -0.25) is 29.7 Å².